The first kappa shape index (κ1) is 12.3. The lowest BCUT2D eigenvalue weighted by Gasteiger charge is -2.11. The molecule has 0 atom stereocenters. The van der Waals surface area contributed by atoms with Crippen molar-refractivity contribution >= 4 is 33.8 Å². The SMILES string of the molecule is O=Cc1cc(Cl)c(Br)c(OC(F)(F)F)c1. The summed E-state index contributed by atoms with van der Waals surface area (Å²) >= 11 is 8.40. The van der Waals surface area contributed by atoms with E-state index in [1.165, 1.54) is 6.07 Å². The number of carbonyl (C=O) groups is 1. The van der Waals surface area contributed by atoms with Crippen LogP contribution in [0.2, 0.25) is 5.02 Å². The molecule has 0 bridgehead atoms. The lowest BCUT2D eigenvalue weighted by atomic mass is 10.2. The van der Waals surface area contributed by atoms with E-state index < -0.39 is 12.1 Å². The number of carbonyl (C=O) groups excluding carboxylic acids is 1. The number of alkyl halides is 3. The Morgan fingerprint density at radius 2 is 2.00 bits per heavy atom. The minimum atomic E-state index is -4.83. The molecule has 0 aliphatic heterocycles. The molecule has 0 aliphatic rings. The standard InChI is InChI=1S/C8H3BrClF3O2/c9-7-5(10)1-4(3-14)2-6(7)15-8(11,12)13/h1-3H. The van der Waals surface area contributed by atoms with E-state index >= 15 is 0 Å². The number of hydrogen-bond donors (Lipinski definition) is 0. The molecule has 0 radical (unpaired) electrons. The Morgan fingerprint density at radius 3 is 2.47 bits per heavy atom. The van der Waals surface area contributed by atoms with Crippen molar-refractivity contribution < 1.29 is 22.7 Å². The van der Waals surface area contributed by atoms with Crippen LogP contribution in [0.15, 0.2) is 16.6 Å². The van der Waals surface area contributed by atoms with Crippen LogP contribution in [0.3, 0.4) is 0 Å². The summed E-state index contributed by atoms with van der Waals surface area (Å²) in [5.41, 5.74) is 0.00227. The van der Waals surface area contributed by atoms with Crippen LogP contribution < -0.4 is 4.74 Å². The largest absolute Gasteiger partial charge is 0.573 e. The van der Waals surface area contributed by atoms with Crippen molar-refractivity contribution in [1.29, 1.82) is 0 Å². The topological polar surface area (TPSA) is 26.3 Å². The number of benzene rings is 1. The van der Waals surface area contributed by atoms with Gasteiger partial charge in [0, 0.05) is 5.56 Å². The lowest BCUT2D eigenvalue weighted by molar-refractivity contribution is -0.274. The predicted molar refractivity (Wildman–Crippen MR) is 51.2 cm³/mol. The molecule has 0 amide bonds. The molecule has 7 heteroatoms. The third-order valence-corrected chi connectivity index (χ3v) is 2.72. The monoisotopic (exact) mass is 302 g/mol. The van der Waals surface area contributed by atoms with Gasteiger partial charge in [-0.1, -0.05) is 11.6 Å². The third kappa shape index (κ3) is 3.39. The van der Waals surface area contributed by atoms with Crippen molar-refractivity contribution in [3.63, 3.8) is 0 Å². The Hall–Kier alpha value is -0.750. The van der Waals surface area contributed by atoms with Gasteiger partial charge in [-0.15, -0.1) is 13.2 Å². The van der Waals surface area contributed by atoms with Crippen LogP contribution in [0.5, 0.6) is 5.75 Å². The van der Waals surface area contributed by atoms with Crippen molar-refractivity contribution in [2.24, 2.45) is 0 Å². The summed E-state index contributed by atoms with van der Waals surface area (Å²) in [5, 5.41) is -0.0288. The quantitative estimate of drug-likeness (QED) is 0.777. The Bertz CT molecular complexity index is 392. The predicted octanol–water partition coefficient (Wildman–Crippen LogP) is 3.81. The maximum Gasteiger partial charge on any atom is 0.573 e. The van der Waals surface area contributed by atoms with E-state index in [9.17, 15) is 18.0 Å². The van der Waals surface area contributed by atoms with E-state index in [0.717, 1.165) is 6.07 Å². The Labute approximate surface area is 96.1 Å². The zero-order chi connectivity index (χ0) is 11.6. The molecular formula is C8H3BrClF3O2. The molecule has 0 saturated carbocycles. The molecular weight excluding hydrogens is 300 g/mol. The zero-order valence-electron chi connectivity index (χ0n) is 6.94. The second kappa shape index (κ2) is 4.40. The van der Waals surface area contributed by atoms with Gasteiger partial charge in [-0.05, 0) is 28.1 Å². The summed E-state index contributed by atoms with van der Waals surface area (Å²) in [5.74, 6) is -0.544. The third-order valence-electron chi connectivity index (χ3n) is 1.38. The maximum atomic E-state index is 11.9. The second-order valence-electron chi connectivity index (χ2n) is 2.48. The summed E-state index contributed by atoms with van der Waals surface area (Å²) in [6.45, 7) is 0. The first-order valence-electron chi connectivity index (χ1n) is 3.53. The second-order valence-corrected chi connectivity index (χ2v) is 3.68. The fourth-order valence-electron chi connectivity index (χ4n) is 0.851. The summed E-state index contributed by atoms with van der Waals surface area (Å²) in [4.78, 5) is 10.4. The fourth-order valence-corrected chi connectivity index (χ4v) is 1.38. The Morgan fingerprint density at radius 1 is 1.40 bits per heavy atom. The van der Waals surface area contributed by atoms with Gasteiger partial charge in [0.05, 0.1) is 9.50 Å². The molecule has 15 heavy (non-hydrogen) atoms. The minimum Gasteiger partial charge on any atom is -0.405 e. The van der Waals surface area contributed by atoms with Crippen LogP contribution in [-0.4, -0.2) is 12.6 Å². The highest BCUT2D eigenvalue weighted by Crippen LogP contribution is 2.36. The summed E-state index contributed by atoms with van der Waals surface area (Å²) in [6, 6.07) is 2.17. The van der Waals surface area contributed by atoms with Crippen LogP contribution >= 0.6 is 27.5 Å². The van der Waals surface area contributed by atoms with E-state index in [1.54, 1.807) is 0 Å². The molecule has 0 saturated heterocycles. The molecule has 0 N–H and O–H groups in total. The summed E-state index contributed by atoms with van der Waals surface area (Å²) < 4.78 is 39.4. The molecule has 0 spiro atoms. The van der Waals surface area contributed by atoms with Gasteiger partial charge >= 0.3 is 6.36 Å². The number of rotatable bonds is 2. The molecule has 0 heterocycles. The van der Waals surface area contributed by atoms with Gasteiger partial charge in [0.25, 0.3) is 0 Å². The fraction of sp³-hybridized carbons (Fsp3) is 0.125. The van der Waals surface area contributed by atoms with E-state index in [4.69, 9.17) is 11.6 Å². The molecule has 0 unspecified atom stereocenters. The number of aldehydes is 1. The number of ether oxygens (including phenoxy) is 1. The van der Waals surface area contributed by atoms with E-state index in [-0.39, 0.29) is 15.1 Å². The Balaban J connectivity index is 3.16. The smallest absolute Gasteiger partial charge is 0.405 e. The molecule has 0 fully saturated rings. The van der Waals surface area contributed by atoms with Crippen LogP contribution in [0.1, 0.15) is 10.4 Å². The van der Waals surface area contributed by atoms with Gasteiger partial charge in [0.2, 0.25) is 0 Å². The molecule has 2 nitrogen and oxygen atoms in total. The van der Waals surface area contributed by atoms with Crippen LogP contribution in [0.4, 0.5) is 13.2 Å². The lowest BCUT2D eigenvalue weighted by Crippen LogP contribution is -2.17. The van der Waals surface area contributed by atoms with Crippen LogP contribution in [-0.2, 0) is 0 Å². The highest BCUT2D eigenvalue weighted by molar-refractivity contribution is 9.10. The first-order valence-corrected chi connectivity index (χ1v) is 4.70. The van der Waals surface area contributed by atoms with Crippen molar-refractivity contribution in [2.45, 2.75) is 6.36 Å². The molecule has 0 aromatic heterocycles. The van der Waals surface area contributed by atoms with Gasteiger partial charge in [-0.25, -0.2) is 0 Å². The molecule has 1 aromatic rings. The van der Waals surface area contributed by atoms with E-state index in [1.807, 2.05) is 0 Å². The van der Waals surface area contributed by atoms with Gasteiger partial charge in [-0.2, -0.15) is 0 Å². The van der Waals surface area contributed by atoms with Gasteiger partial charge in [0.15, 0.2) is 0 Å². The van der Waals surface area contributed by atoms with Crippen LogP contribution in [0, 0.1) is 0 Å². The molecule has 1 rings (SSSR count). The molecule has 1 aromatic carbocycles. The number of hydrogen-bond acceptors (Lipinski definition) is 2. The average Bonchev–Trinajstić information content (AvgIpc) is 2.10. The van der Waals surface area contributed by atoms with Crippen molar-refractivity contribution in [3.8, 4) is 5.75 Å². The zero-order valence-corrected chi connectivity index (χ0v) is 9.28. The summed E-state index contributed by atoms with van der Waals surface area (Å²) in [7, 11) is 0. The van der Waals surface area contributed by atoms with Crippen molar-refractivity contribution in [2.75, 3.05) is 0 Å². The maximum absolute atomic E-state index is 11.9. The van der Waals surface area contributed by atoms with Gasteiger partial charge < -0.3 is 4.74 Å². The average molecular weight is 303 g/mol. The van der Waals surface area contributed by atoms with Gasteiger partial charge in [0.1, 0.15) is 12.0 Å². The van der Waals surface area contributed by atoms with Crippen LogP contribution in [0.25, 0.3) is 0 Å². The normalized spacial score (nSPS) is 11.3. The highest BCUT2D eigenvalue weighted by atomic mass is 79.9. The van der Waals surface area contributed by atoms with Crippen molar-refractivity contribution in [3.05, 3.63) is 27.2 Å². The summed E-state index contributed by atoms with van der Waals surface area (Å²) in [6.07, 6.45) is -4.45. The molecule has 82 valence electrons. The van der Waals surface area contributed by atoms with E-state index in [0.29, 0.717) is 6.29 Å². The Kier molecular flexibility index (Phi) is 3.62. The van der Waals surface area contributed by atoms with Gasteiger partial charge in [-0.3, -0.25) is 4.79 Å². The molecule has 0 aliphatic carbocycles. The number of halogens is 5. The van der Waals surface area contributed by atoms with Crippen molar-refractivity contribution in [1.82, 2.24) is 0 Å². The first-order chi connectivity index (χ1) is 6.83. The van der Waals surface area contributed by atoms with E-state index in [2.05, 4.69) is 20.7 Å². The minimum absolute atomic E-state index is 0.00227. The highest BCUT2D eigenvalue weighted by Gasteiger charge is 2.32.